The second-order valence-corrected chi connectivity index (χ2v) is 1.59. The van der Waals surface area contributed by atoms with E-state index in [0.29, 0.717) is 0 Å². The Balaban J connectivity index is -0.00000000614. The molecular formula is CHNa6O8P. The van der Waals surface area contributed by atoms with Gasteiger partial charge in [0.15, 0.2) is 0 Å². The maximum absolute atomic E-state index is 8.55. The van der Waals surface area contributed by atoms with Gasteiger partial charge in [-0.15, -0.1) is 0 Å². The van der Waals surface area contributed by atoms with E-state index in [9.17, 15) is 0 Å². The van der Waals surface area contributed by atoms with Crippen LogP contribution in [0, 0.1) is 0 Å². The summed E-state index contributed by atoms with van der Waals surface area (Å²) in [5, 5.41) is 16.7. The van der Waals surface area contributed by atoms with Gasteiger partial charge in [-0.3, -0.25) is 0 Å². The summed E-state index contributed by atoms with van der Waals surface area (Å²) in [6.07, 6.45) is -2.33. The fourth-order valence-electron chi connectivity index (χ4n) is 0. The number of hydrogen-bond acceptors (Lipinski definition) is 8. The Bertz CT molecular complexity index is 124. The second kappa shape index (κ2) is 37.0. The molecule has 64 valence electrons. The number of phosphoric acid groups is 1. The Hall–Kier alpha value is 5.34. The first-order valence-corrected chi connectivity index (χ1v) is 2.80. The van der Waals surface area contributed by atoms with Gasteiger partial charge in [0.25, 0.3) is 0 Å². The van der Waals surface area contributed by atoms with Gasteiger partial charge >= 0.3 is 177 Å². The number of carbonyl (C=O) groups is 1. The normalized spacial score (nSPS) is 5.19. The Morgan fingerprint density at radius 2 is 0.750 bits per heavy atom. The van der Waals surface area contributed by atoms with Gasteiger partial charge in [0.2, 0.25) is 0 Å². The Labute approximate surface area is 225 Å². The van der Waals surface area contributed by atoms with Crippen LogP contribution in [-0.4, -0.2) is 11.6 Å². The van der Waals surface area contributed by atoms with Crippen LogP contribution >= 0.6 is 7.82 Å². The number of carboxylic acid groups (broad SMARTS) is 2. The molecule has 0 rings (SSSR count). The molecule has 0 bridgehead atoms. The fourth-order valence-corrected chi connectivity index (χ4v) is 0. The number of rotatable bonds is 0. The van der Waals surface area contributed by atoms with E-state index in [0.717, 1.165) is 0 Å². The summed E-state index contributed by atoms with van der Waals surface area (Å²) in [5.74, 6) is 0. The van der Waals surface area contributed by atoms with E-state index in [4.69, 9.17) is 34.3 Å². The first kappa shape index (κ1) is 58.0. The molecule has 1 N–H and O–H groups in total. The third-order valence-corrected chi connectivity index (χ3v) is 0. The van der Waals surface area contributed by atoms with Gasteiger partial charge in [-0.1, -0.05) is 0 Å². The van der Waals surface area contributed by atoms with Crippen molar-refractivity contribution < 1.29 is 217 Å². The minimum atomic E-state index is -5.39. The van der Waals surface area contributed by atoms with Crippen molar-refractivity contribution in [3.05, 3.63) is 0 Å². The smallest absolute Gasteiger partial charge is 0.870 e. The van der Waals surface area contributed by atoms with Crippen LogP contribution in [0.1, 0.15) is 0 Å². The van der Waals surface area contributed by atoms with Gasteiger partial charge in [-0.2, -0.15) is 7.82 Å². The maximum Gasteiger partial charge on any atom is 1.00 e. The summed E-state index contributed by atoms with van der Waals surface area (Å²) in [6.45, 7) is 0. The predicted octanol–water partition coefficient (Wildman–Crippen LogP) is -23.4. The standard InChI is InChI=1S/CH2O3.6Na.H3O4P.H2O/c2-1(3)4;;;;;;;1-5(2,3)4;/h(H2,2,3,4);;;;;;;(H3,1,2,3,4);1H2/q;6*+1;;/p-6. The van der Waals surface area contributed by atoms with E-state index in [2.05, 4.69) is 0 Å². The molecule has 0 spiro atoms. The quantitative estimate of drug-likeness (QED) is 0.312. The third kappa shape index (κ3) is 228. The molecule has 15 heteroatoms. The maximum atomic E-state index is 8.55. The number of hydrogen-bond donors (Lipinski definition) is 0. The van der Waals surface area contributed by atoms with Crippen LogP contribution in [0.2, 0.25) is 0 Å². The summed E-state index contributed by atoms with van der Waals surface area (Å²) < 4.78 is 8.55. The average Bonchev–Trinajstić information content (AvgIpc) is 1.19. The molecule has 0 saturated heterocycles. The van der Waals surface area contributed by atoms with Crippen molar-refractivity contribution in [2.75, 3.05) is 0 Å². The van der Waals surface area contributed by atoms with Crippen LogP contribution in [0.4, 0.5) is 4.79 Å². The van der Waals surface area contributed by atoms with Gasteiger partial charge in [0.05, 0.1) is 0 Å². The van der Waals surface area contributed by atoms with E-state index in [-0.39, 0.29) is 183 Å². The zero-order chi connectivity index (χ0) is 8.08. The van der Waals surface area contributed by atoms with Crippen LogP contribution in [0.15, 0.2) is 0 Å². The molecule has 0 unspecified atom stereocenters. The SMILES string of the molecule is O=C([O-])[O-].O=P([O-])([O-])[O-].[Na+].[Na+].[Na+].[Na+].[Na+].[Na+].[OH-]. The fraction of sp³-hybridized carbons (Fsp3) is 0. The largest absolute Gasteiger partial charge is 1.00 e. The molecule has 0 radical (unpaired) electrons. The molecule has 0 saturated carbocycles. The second-order valence-electron chi connectivity index (χ2n) is 0.697. The molecule has 0 fully saturated rings. The first-order valence-electron chi connectivity index (χ1n) is 1.34. The van der Waals surface area contributed by atoms with E-state index in [1.807, 2.05) is 0 Å². The summed E-state index contributed by atoms with van der Waals surface area (Å²) in [4.78, 5) is 34.0. The van der Waals surface area contributed by atoms with Crippen LogP contribution in [0.5, 0.6) is 0 Å². The third-order valence-electron chi connectivity index (χ3n) is 0. The Kier molecular flexibility index (Phi) is 134. The topological polar surface area (TPSA) is 179 Å². The van der Waals surface area contributed by atoms with Crippen molar-refractivity contribution in [3.8, 4) is 0 Å². The summed E-state index contributed by atoms with van der Waals surface area (Å²) >= 11 is 0. The molecule has 0 heterocycles. The molecular weight excluding hydrogens is 309 g/mol. The van der Waals surface area contributed by atoms with Crippen molar-refractivity contribution in [3.63, 3.8) is 0 Å². The first-order chi connectivity index (χ1) is 3.73. The van der Waals surface area contributed by atoms with Gasteiger partial charge in [0, 0.05) is 0 Å². The molecule has 0 aromatic rings. The summed E-state index contributed by atoms with van der Waals surface area (Å²) in [6, 6.07) is 0. The monoisotopic (exact) mass is 310 g/mol. The zero-order valence-electron chi connectivity index (χ0n) is 10.3. The molecule has 0 aromatic heterocycles. The average molecular weight is 310 g/mol. The molecule has 0 aliphatic rings. The molecule has 8 nitrogen and oxygen atoms in total. The van der Waals surface area contributed by atoms with Crippen molar-refractivity contribution in [1.29, 1.82) is 0 Å². The van der Waals surface area contributed by atoms with Crippen LogP contribution in [0.25, 0.3) is 0 Å². The van der Waals surface area contributed by atoms with E-state index in [1.165, 1.54) is 0 Å². The van der Waals surface area contributed by atoms with Crippen molar-refractivity contribution in [2.24, 2.45) is 0 Å². The Morgan fingerprint density at radius 1 is 0.750 bits per heavy atom. The molecule has 0 aliphatic carbocycles. The van der Waals surface area contributed by atoms with Crippen molar-refractivity contribution in [1.82, 2.24) is 0 Å². The van der Waals surface area contributed by atoms with E-state index >= 15 is 0 Å². The van der Waals surface area contributed by atoms with Gasteiger partial charge in [-0.05, 0) is 6.16 Å². The Morgan fingerprint density at radius 3 is 0.750 bits per heavy atom. The minimum Gasteiger partial charge on any atom is -0.870 e. The molecule has 0 atom stereocenters. The molecule has 0 aromatic carbocycles. The van der Waals surface area contributed by atoms with Gasteiger partial charge < -0.3 is 39.7 Å². The van der Waals surface area contributed by atoms with E-state index in [1.54, 1.807) is 0 Å². The van der Waals surface area contributed by atoms with Crippen LogP contribution in [0.3, 0.4) is 0 Å². The van der Waals surface area contributed by atoms with Crippen LogP contribution in [-0.2, 0) is 4.57 Å². The van der Waals surface area contributed by atoms with E-state index < -0.39 is 14.0 Å². The summed E-state index contributed by atoms with van der Waals surface area (Å²) in [7, 11) is -5.39. The molecule has 16 heavy (non-hydrogen) atoms. The molecule has 0 aliphatic heterocycles. The zero-order valence-corrected chi connectivity index (χ0v) is 23.1. The van der Waals surface area contributed by atoms with Crippen molar-refractivity contribution in [2.45, 2.75) is 0 Å². The number of carbonyl (C=O) groups excluding carboxylic acids is 1. The molecule has 0 amide bonds. The predicted molar refractivity (Wildman–Crippen MR) is 14.9 cm³/mol. The minimum absolute atomic E-state index is 0. The summed E-state index contributed by atoms with van der Waals surface area (Å²) in [5.41, 5.74) is 0. The van der Waals surface area contributed by atoms with Gasteiger partial charge in [-0.25, -0.2) is 0 Å². The van der Waals surface area contributed by atoms with Crippen molar-refractivity contribution >= 4 is 14.0 Å². The van der Waals surface area contributed by atoms with Crippen LogP contribution < -0.4 is 202 Å². The van der Waals surface area contributed by atoms with Gasteiger partial charge in [0.1, 0.15) is 0 Å².